The smallest absolute Gasteiger partial charge is 0.242 e. The Labute approximate surface area is 178 Å². The van der Waals surface area contributed by atoms with Gasteiger partial charge in [-0.05, 0) is 23.5 Å². The Kier molecular flexibility index (Phi) is 7.63. The van der Waals surface area contributed by atoms with Crippen molar-refractivity contribution >= 4 is 11.8 Å². The van der Waals surface area contributed by atoms with Crippen LogP contribution in [0.15, 0.2) is 42.7 Å². The highest BCUT2D eigenvalue weighted by molar-refractivity contribution is 5.85. The van der Waals surface area contributed by atoms with Crippen LogP contribution in [0, 0.1) is 5.92 Å². The van der Waals surface area contributed by atoms with E-state index in [1.54, 1.807) is 15.8 Å². The van der Waals surface area contributed by atoms with Crippen LogP contribution in [0.5, 0.6) is 0 Å². The Morgan fingerprint density at radius 3 is 2.63 bits per heavy atom. The van der Waals surface area contributed by atoms with Gasteiger partial charge in [0.15, 0.2) is 0 Å². The number of carbonyl (C=O) groups excluding carboxylic acids is 2. The van der Waals surface area contributed by atoms with Crippen LogP contribution in [0.4, 0.5) is 0 Å². The zero-order valence-corrected chi connectivity index (χ0v) is 18.2. The molecular weight excluding hydrogens is 380 g/mol. The van der Waals surface area contributed by atoms with Crippen LogP contribution in [0.3, 0.4) is 0 Å². The maximum atomic E-state index is 12.9. The molecule has 7 nitrogen and oxygen atoms in total. The molecule has 2 heterocycles. The molecule has 1 atom stereocenters. The van der Waals surface area contributed by atoms with Gasteiger partial charge in [-0.15, -0.1) is 0 Å². The lowest BCUT2D eigenvalue weighted by molar-refractivity contribution is -0.139. The molecule has 3 rings (SSSR count). The van der Waals surface area contributed by atoms with Gasteiger partial charge in [-0.25, -0.2) is 0 Å². The molecule has 7 heteroatoms. The summed E-state index contributed by atoms with van der Waals surface area (Å²) in [6, 6.07) is 9.97. The summed E-state index contributed by atoms with van der Waals surface area (Å²) < 4.78 is 7.88. The summed E-state index contributed by atoms with van der Waals surface area (Å²) in [5, 5.41) is 4.15. The molecule has 0 spiro atoms. The fourth-order valence-electron chi connectivity index (χ4n) is 3.69. The molecule has 1 aliphatic rings. The zero-order valence-electron chi connectivity index (χ0n) is 18.2. The van der Waals surface area contributed by atoms with E-state index in [1.807, 2.05) is 48.5 Å². The average Bonchev–Trinajstić information content (AvgIpc) is 3.07. The van der Waals surface area contributed by atoms with Crippen molar-refractivity contribution in [1.29, 1.82) is 0 Å². The number of benzene rings is 1. The molecule has 0 aliphatic carbocycles. The number of carbonyl (C=O) groups is 2. The normalized spacial score (nSPS) is 17.5. The Morgan fingerprint density at radius 1 is 1.20 bits per heavy atom. The highest BCUT2D eigenvalue weighted by atomic mass is 16.5. The number of aromatic nitrogens is 2. The summed E-state index contributed by atoms with van der Waals surface area (Å²) in [6.07, 6.45) is 4.45. The molecule has 2 amide bonds. The maximum Gasteiger partial charge on any atom is 0.242 e. The van der Waals surface area contributed by atoms with E-state index in [-0.39, 0.29) is 24.5 Å². The lowest BCUT2D eigenvalue weighted by Crippen LogP contribution is -2.40. The monoisotopic (exact) mass is 412 g/mol. The highest BCUT2D eigenvalue weighted by Crippen LogP contribution is 2.14. The van der Waals surface area contributed by atoms with Crippen LogP contribution >= 0.6 is 0 Å². The molecule has 2 aromatic rings. The number of hydrogen-bond acceptors (Lipinski definition) is 4. The van der Waals surface area contributed by atoms with Crippen molar-refractivity contribution in [3.05, 3.63) is 53.9 Å². The van der Waals surface area contributed by atoms with Gasteiger partial charge >= 0.3 is 0 Å². The summed E-state index contributed by atoms with van der Waals surface area (Å²) in [7, 11) is 1.86. The molecular formula is C23H32N4O3. The molecule has 0 N–H and O–H groups in total. The molecule has 30 heavy (non-hydrogen) atoms. The van der Waals surface area contributed by atoms with Gasteiger partial charge in [0.2, 0.25) is 11.8 Å². The molecule has 0 bridgehead atoms. The second-order valence-electron chi connectivity index (χ2n) is 8.41. The quantitative estimate of drug-likeness (QED) is 0.667. The number of aryl methyl sites for hydroxylation is 2. The second kappa shape index (κ2) is 10.4. The summed E-state index contributed by atoms with van der Waals surface area (Å²) in [6.45, 7) is 6.37. The number of hydrogen-bond donors (Lipinski definition) is 0. The Hall–Kier alpha value is -2.67. The van der Waals surface area contributed by atoms with Crippen LogP contribution < -0.4 is 0 Å². The van der Waals surface area contributed by atoms with E-state index in [2.05, 4.69) is 18.9 Å². The van der Waals surface area contributed by atoms with Crippen molar-refractivity contribution in [1.82, 2.24) is 19.6 Å². The minimum absolute atomic E-state index is 0.00996. The van der Waals surface area contributed by atoms with Crippen molar-refractivity contribution < 1.29 is 14.3 Å². The van der Waals surface area contributed by atoms with E-state index in [0.29, 0.717) is 45.0 Å². The summed E-state index contributed by atoms with van der Waals surface area (Å²) in [5.41, 5.74) is 2.10. The first-order chi connectivity index (χ1) is 14.4. The van der Waals surface area contributed by atoms with E-state index in [0.717, 1.165) is 11.1 Å². The standard InChI is InChI=1S/C23H32N4O3/c1-18(2)12-26-14-21(30-17-19-7-5-4-6-8-19)15-27(16-23(26)29)22(28)10-9-20-11-24-25(3)13-20/h4-8,11,13,18,21H,9-10,12,14-17H2,1-3H3. The van der Waals surface area contributed by atoms with Crippen molar-refractivity contribution in [2.75, 3.05) is 26.2 Å². The zero-order chi connectivity index (χ0) is 21.5. The molecule has 1 unspecified atom stereocenters. The Bertz CT molecular complexity index is 834. The van der Waals surface area contributed by atoms with Crippen molar-refractivity contribution in [2.24, 2.45) is 13.0 Å². The van der Waals surface area contributed by atoms with E-state index < -0.39 is 0 Å². The van der Waals surface area contributed by atoms with Crippen molar-refractivity contribution in [3.8, 4) is 0 Å². The first-order valence-electron chi connectivity index (χ1n) is 10.6. The largest absolute Gasteiger partial charge is 0.370 e. The van der Waals surface area contributed by atoms with Crippen LogP contribution in [0.2, 0.25) is 0 Å². The van der Waals surface area contributed by atoms with Gasteiger partial charge in [0.05, 0.1) is 25.5 Å². The lowest BCUT2D eigenvalue weighted by Gasteiger charge is -2.26. The third-order valence-electron chi connectivity index (χ3n) is 5.18. The summed E-state index contributed by atoms with van der Waals surface area (Å²) in [5.74, 6) is 0.327. The maximum absolute atomic E-state index is 12.9. The highest BCUT2D eigenvalue weighted by Gasteiger charge is 2.31. The van der Waals surface area contributed by atoms with E-state index >= 15 is 0 Å². The summed E-state index contributed by atoms with van der Waals surface area (Å²) in [4.78, 5) is 29.2. The van der Waals surface area contributed by atoms with E-state index in [9.17, 15) is 9.59 Å². The van der Waals surface area contributed by atoms with Gasteiger partial charge in [-0.1, -0.05) is 44.2 Å². The van der Waals surface area contributed by atoms with Crippen LogP contribution in [0.1, 0.15) is 31.4 Å². The SMILES string of the molecule is CC(C)CN1CC(OCc2ccccc2)CN(C(=O)CCc2cnn(C)c2)CC1=O. The predicted molar refractivity (Wildman–Crippen MR) is 115 cm³/mol. The molecule has 1 aromatic heterocycles. The molecule has 1 fully saturated rings. The molecule has 0 saturated carbocycles. The van der Waals surface area contributed by atoms with Gasteiger partial charge < -0.3 is 14.5 Å². The topological polar surface area (TPSA) is 67.7 Å². The Morgan fingerprint density at radius 2 is 1.97 bits per heavy atom. The number of rotatable bonds is 8. The number of ether oxygens (including phenoxy) is 1. The molecule has 1 aliphatic heterocycles. The van der Waals surface area contributed by atoms with Crippen molar-refractivity contribution in [3.63, 3.8) is 0 Å². The van der Waals surface area contributed by atoms with Gasteiger partial charge in [-0.3, -0.25) is 14.3 Å². The van der Waals surface area contributed by atoms with Crippen LogP contribution in [0.25, 0.3) is 0 Å². The Balaban J connectivity index is 1.65. The van der Waals surface area contributed by atoms with E-state index in [4.69, 9.17) is 4.74 Å². The molecule has 1 aromatic carbocycles. The molecule has 1 saturated heterocycles. The van der Waals surface area contributed by atoms with Crippen molar-refractivity contribution in [2.45, 2.75) is 39.4 Å². The lowest BCUT2D eigenvalue weighted by atomic mass is 10.2. The first kappa shape index (κ1) is 22.0. The van der Waals surface area contributed by atoms with Gasteiger partial charge in [-0.2, -0.15) is 5.10 Å². The second-order valence-corrected chi connectivity index (χ2v) is 8.41. The van der Waals surface area contributed by atoms with Crippen LogP contribution in [-0.2, 0) is 34.4 Å². The molecule has 162 valence electrons. The number of amides is 2. The van der Waals surface area contributed by atoms with Gasteiger partial charge in [0, 0.05) is 39.3 Å². The average molecular weight is 413 g/mol. The third kappa shape index (κ3) is 6.42. The minimum Gasteiger partial charge on any atom is -0.370 e. The first-order valence-corrected chi connectivity index (χ1v) is 10.6. The molecule has 0 radical (unpaired) electrons. The predicted octanol–water partition coefficient (Wildman–Crippen LogP) is 2.26. The minimum atomic E-state index is -0.210. The van der Waals surface area contributed by atoms with Gasteiger partial charge in [0.1, 0.15) is 0 Å². The van der Waals surface area contributed by atoms with Crippen LogP contribution in [-0.4, -0.2) is 63.7 Å². The fourth-order valence-corrected chi connectivity index (χ4v) is 3.69. The van der Waals surface area contributed by atoms with E-state index in [1.165, 1.54) is 0 Å². The van der Waals surface area contributed by atoms with Gasteiger partial charge in [0.25, 0.3) is 0 Å². The third-order valence-corrected chi connectivity index (χ3v) is 5.18. The number of nitrogens with zero attached hydrogens (tertiary/aromatic N) is 4. The fraction of sp³-hybridized carbons (Fsp3) is 0.522. The summed E-state index contributed by atoms with van der Waals surface area (Å²) >= 11 is 0.